The van der Waals surface area contributed by atoms with Crippen LogP contribution in [0.25, 0.3) is 11.4 Å². The Kier molecular flexibility index (Phi) is 7.57. The third kappa shape index (κ3) is 5.81. The van der Waals surface area contributed by atoms with E-state index < -0.39 is 0 Å². The highest BCUT2D eigenvalue weighted by Gasteiger charge is 2.26. The minimum Gasteiger partial charge on any atom is -0.349 e. The average molecular weight is 472 g/mol. The Hall–Kier alpha value is -2.99. The van der Waals surface area contributed by atoms with Crippen LogP contribution in [0.1, 0.15) is 68.4 Å². The van der Waals surface area contributed by atoms with Crippen molar-refractivity contribution in [1.29, 1.82) is 0 Å². The van der Waals surface area contributed by atoms with Gasteiger partial charge in [-0.2, -0.15) is 0 Å². The van der Waals surface area contributed by atoms with Crippen LogP contribution in [0.4, 0.5) is 0 Å². The maximum Gasteiger partial charge on any atom is 0.220 e. The molecule has 184 valence electrons. The summed E-state index contributed by atoms with van der Waals surface area (Å²) in [5, 5.41) is 12.2. The Morgan fingerprint density at radius 1 is 0.971 bits per heavy atom. The normalized spacial score (nSPS) is 18.2. The van der Waals surface area contributed by atoms with E-state index in [2.05, 4.69) is 80.4 Å². The lowest BCUT2D eigenvalue weighted by atomic mass is 9.83. The summed E-state index contributed by atoms with van der Waals surface area (Å²) in [6, 6.07) is 21.3. The van der Waals surface area contributed by atoms with E-state index in [9.17, 15) is 4.79 Å². The molecule has 0 spiro atoms. The SMILES string of the molecule is Cc1nnc(-c2ccccc2)n1C1CCN(CCC(NC(=O)CC2CCC2)c2ccccc2)CC1. The number of carbonyl (C=O) groups is 1. The van der Waals surface area contributed by atoms with E-state index in [0.717, 1.165) is 56.1 Å². The number of piperidine rings is 1. The van der Waals surface area contributed by atoms with Gasteiger partial charge in [0.25, 0.3) is 0 Å². The monoisotopic (exact) mass is 471 g/mol. The first-order valence-electron chi connectivity index (χ1n) is 13.2. The number of hydrogen-bond acceptors (Lipinski definition) is 4. The van der Waals surface area contributed by atoms with Crippen LogP contribution < -0.4 is 5.32 Å². The largest absolute Gasteiger partial charge is 0.349 e. The van der Waals surface area contributed by atoms with Crippen molar-refractivity contribution in [3.8, 4) is 11.4 Å². The molecule has 2 heterocycles. The van der Waals surface area contributed by atoms with Crippen molar-refractivity contribution >= 4 is 5.91 Å². The van der Waals surface area contributed by atoms with Crippen LogP contribution >= 0.6 is 0 Å². The van der Waals surface area contributed by atoms with E-state index in [4.69, 9.17) is 0 Å². The van der Waals surface area contributed by atoms with Crippen molar-refractivity contribution in [2.45, 2.75) is 64.0 Å². The first-order valence-corrected chi connectivity index (χ1v) is 13.2. The molecule has 1 unspecified atom stereocenters. The Bertz CT molecular complexity index is 1080. The van der Waals surface area contributed by atoms with Crippen LogP contribution in [0, 0.1) is 12.8 Å². The van der Waals surface area contributed by atoms with Crippen LogP contribution in [0.15, 0.2) is 60.7 Å². The summed E-state index contributed by atoms with van der Waals surface area (Å²) < 4.78 is 2.33. The van der Waals surface area contributed by atoms with Crippen molar-refractivity contribution in [3.63, 3.8) is 0 Å². The van der Waals surface area contributed by atoms with Gasteiger partial charge in [0.1, 0.15) is 5.82 Å². The van der Waals surface area contributed by atoms with Crippen molar-refractivity contribution < 1.29 is 4.79 Å². The number of aromatic nitrogens is 3. The summed E-state index contributed by atoms with van der Waals surface area (Å²) in [5.74, 6) is 2.76. The maximum atomic E-state index is 12.7. The number of likely N-dealkylation sites (tertiary alicyclic amines) is 1. The number of aryl methyl sites for hydroxylation is 1. The van der Waals surface area contributed by atoms with Gasteiger partial charge in [-0.05, 0) is 50.5 Å². The molecule has 6 nitrogen and oxygen atoms in total. The molecule has 1 aliphatic heterocycles. The van der Waals surface area contributed by atoms with Crippen LogP contribution in [-0.4, -0.2) is 45.2 Å². The Balaban J connectivity index is 1.18. The zero-order chi connectivity index (χ0) is 24.0. The number of amides is 1. The molecule has 2 aliphatic rings. The number of rotatable bonds is 9. The second-order valence-corrected chi connectivity index (χ2v) is 10.2. The zero-order valence-corrected chi connectivity index (χ0v) is 20.8. The fraction of sp³-hybridized carbons (Fsp3) is 0.483. The molecule has 5 rings (SSSR count). The Labute approximate surface area is 208 Å². The van der Waals surface area contributed by atoms with Gasteiger partial charge in [0.15, 0.2) is 5.82 Å². The van der Waals surface area contributed by atoms with E-state index in [1.807, 2.05) is 12.1 Å². The lowest BCUT2D eigenvalue weighted by Crippen LogP contribution is -2.38. The molecule has 1 saturated heterocycles. The first-order chi connectivity index (χ1) is 17.2. The van der Waals surface area contributed by atoms with E-state index >= 15 is 0 Å². The molecule has 2 fully saturated rings. The molecule has 3 aromatic rings. The average Bonchev–Trinajstić information content (AvgIpc) is 3.26. The Morgan fingerprint density at radius 3 is 2.31 bits per heavy atom. The Morgan fingerprint density at radius 2 is 1.66 bits per heavy atom. The van der Waals surface area contributed by atoms with Gasteiger partial charge in [0.05, 0.1) is 6.04 Å². The second-order valence-electron chi connectivity index (χ2n) is 10.2. The van der Waals surface area contributed by atoms with Crippen LogP contribution in [0.2, 0.25) is 0 Å². The molecule has 1 aromatic heterocycles. The van der Waals surface area contributed by atoms with Crippen molar-refractivity contribution in [1.82, 2.24) is 25.0 Å². The molecule has 0 radical (unpaired) electrons. The van der Waals surface area contributed by atoms with Crippen LogP contribution in [0.5, 0.6) is 0 Å². The molecule has 1 aliphatic carbocycles. The molecule has 1 atom stereocenters. The third-order valence-corrected chi connectivity index (χ3v) is 7.79. The van der Waals surface area contributed by atoms with Gasteiger partial charge in [-0.25, -0.2) is 0 Å². The quantitative estimate of drug-likeness (QED) is 0.458. The number of benzene rings is 2. The molecule has 2 aromatic carbocycles. The van der Waals surface area contributed by atoms with Gasteiger partial charge in [0, 0.05) is 37.7 Å². The number of carbonyl (C=O) groups excluding carboxylic acids is 1. The zero-order valence-electron chi connectivity index (χ0n) is 20.8. The summed E-state index contributed by atoms with van der Waals surface area (Å²) in [5.41, 5.74) is 2.33. The summed E-state index contributed by atoms with van der Waals surface area (Å²) >= 11 is 0. The molecule has 1 N–H and O–H groups in total. The number of nitrogens with one attached hydrogen (secondary N) is 1. The predicted octanol–water partition coefficient (Wildman–Crippen LogP) is 5.33. The molecular weight excluding hydrogens is 434 g/mol. The first kappa shape index (κ1) is 23.7. The smallest absolute Gasteiger partial charge is 0.220 e. The molecule has 0 bridgehead atoms. The minimum atomic E-state index is 0.0753. The lowest BCUT2D eigenvalue weighted by molar-refractivity contribution is -0.123. The van der Waals surface area contributed by atoms with Crippen molar-refractivity contribution in [2.75, 3.05) is 19.6 Å². The van der Waals surface area contributed by atoms with Gasteiger partial charge < -0.3 is 14.8 Å². The molecule has 1 amide bonds. The fourth-order valence-electron chi connectivity index (χ4n) is 5.52. The standard InChI is InChI=1S/C29H37N5O/c1-22-31-32-29(25-13-6-3-7-14-25)34(22)26-15-18-33(19-16-26)20-17-27(24-11-4-2-5-12-24)30-28(35)21-23-9-8-10-23/h2-7,11-14,23,26-27H,8-10,15-21H2,1H3,(H,30,35). The second kappa shape index (κ2) is 11.2. The number of hydrogen-bond donors (Lipinski definition) is 1. The number of nitrogens with zero attached hydrogens (tertiary/aromatic N) is 4. The van der Waals surface area contributed by atoms with E-state index in [1.165, 1.54) is 24.8 Å². The van der Waals surface area contributed by atoms with Crippen LogP contribution in [-0.2, 0) is 4.79 Å². The molecule has 1 saturated carbocycles. The maximum absolute atomic E-state index is 12.7. The topological polar surface area (TPSA) is 63.1 Å². The summed E-state index contributed by atoms with van der Waals surface area (Å²) in [4.78, 5) is 15.2. The van der Waals surface area contributed by atoms with E-state index in [-0.39, 0.29) is 11.9 Å². The van der Waals surface area contributed by atoms with Crippen LogP contribution in [0.3, 0.4) is 0 Å². The van der Waals surface area contributed by atoms with Gasteiger partial charge in [-0.1, -0.05) is 67.1 Å². The van der Waals surface area contributed by atoms with E-state index in [0.29, 0.717) is 18.4 Å². The predicted molar refractivity (Wildman–Crippen MR) is 139 cm³/mol. The molecule has 35 heavy (non-hydrogen) atoms. The highest BCUT2D eigenvalue weighted by atomic mass is 16.1. The summed E-state index contributed by atoms with van der Waals surface area (Å²) in [6.45, 7) is 5.15. The molecular formula is C29H37N5O. The highest BCUT2D eigenvalue weighted by Crippen LogP contribution is 2.31. The van der Waals surface area contributed by atoms with Crippen molar-refractivity contribution in [2.24, 2.45) is 5.92 Å². The third-order valence-electron chi connectivity index (χ3n) is 7.79. The van der Waals surface area contributed by atoms with Gasteiger partial charge in [0.2, 0.25) is 5.91 Å². The highest BCUT2D eigenvalue weighted by molar-refractivity contribution is 5.76. The van der Waals surface area contributed by atoms with E-state index in [1.54, 1.807) is 0 Å². The lowest BCUT2D eigenvalue weighted by Gasteiger charge is -2.34. The van der Waals surface area contributed by atoms with Gasteiger partial charge in [-0.15, -0.1) is 10.2 Å². The summed E-state index contributed by atoms with van der Waals surface area (Å²) in [7, 11) is 0. The fourth-order valence-corrected chi connectivity index (χ4v) is 5.52. The minimum absolute atomic E-state index is 0.0753. The summed E-state index contributed by atoms with van der Waals surface area (Å²) in [6.07, 6.45) is 7.47. The molecule has 6 heteroatoms. The van der Waals surface area contributed by atoms with Crippen molar-refractivity contribution in [3.05, 3.63) is 72.1 Å². The van der Waals surface area contributed by atoms with Gasteiger partial charge in [-0.3, -0.25) is 4.79 Å². The van der Waals surface area contributed by atoms with Gasteiger partial charge >= 0.3 is 0 Å².